The van der Waals surface area contributed by atoms with Crippen molar-refractivity contribution >= 4 is 28.2 Å². The van der Waals surface area contributed by atoms with Gasteiger partial charge in [0, 0.05) is 29.3 Å². The number of ether oxygens (including phenoxy) is 1. The fourth-order valence-electron chi connectivity index (χ4n) is 5.41. The van der Waals surface area contributed by atoms with Crippen molar-refractivity contribution in [3.05, 3.63) is 59.3 Å². The quantitative estimate of drug-likeness (QED) is 0.638. The van der Waals surface area contributed by atoms with Crippen molar-refractivity contribution < 1.29 is 14.3 Å². The van der Waals surface area contributed by atoms with Gasteiger partial charge in [0.15, 0.2) is 5.78 Å². The van der Waals surface area contributed by atoms with Gasteiger partial charge in [-0.1, -0.05) is 42.5 Å². The normalized spacial score (nSPS) is 24.7. The van der Waals surface area contributed by atoms with Crippen LogP contribution >= 0.6 is 0 Å². The molecule has 0 spiro atoms. The number of fused-ring (bicyclic) bond motifs is 1. The smallest absolute Gasteiger partial charge is 0.315 e. The zero-order valence-corrected chi connectivity index (χ0v) is 17.4. The topological polar surface area (TPSA) is 55.7 Å². The van der Waals surface area contributed by atoms with Crippen LogP contribution in [-0.2, 0) is 14.3 Å². The van der Waals surface area contributed by atoms with E-state index in [0.717, 1.165) is 71.8 Å². The predicted octanol–water partition coefficient (Wildman–Crippen LogP) is 5.51. The Kier molecular flexibility index (Phi) is 5.01. The molecule has 3 aliphatic rings. The van der Waals surface area contributed by atoms with Gasteiger partial charge in [0.2, 0.25) is 0 Å². The molecule has 1 saturated carbocycles. The Hall–Kier alpha value is -2.75. The van der Waals surface area contributed by atoms with E-state index in [1.807, 2.05) is 25.1 Å². The summed E-state index contributed by atoms with van der Waals surface area (Å²) in [5, 5.41) is 2.20. The number of carbonyl (C=O) groups excluding carboxylic acids is 2. The summed E-state index contributed by atoms with van der Waals surface area (Å²) in [6, 6.07) is 14.3. The van der Waals surface area contributed by atoms with Gasteiger partial charge in [-0.15, -0.1) is 0 Å². The van der Waals surface area contributed by atoms with Crippen LogP contribution in [0.3, 0.4) is 0 Å². The number of hydrogen-bond acceptors (Lipinski definition) is 4. The molecule has 1 heterocycles. The van der Waals surface area contributed by atoms with Gasteiger partial charge in [-0.25, -0.2) is 0 Å². The maximum Gasteiger partial charge on any atom is 0.315 e. The molecule has 0 aromatic heterocycles. The lowest BCUT2D eigenvalue weighted by Crippen LogP contribution is -2.38. The number of benzene rings is 2. The van der Waals surface area contributed by atoms with E-state index >= 15 is 0 Å². The summed E-state index contributed by atoms with van der Waals surface area (Å²) >= 11 is 0. The van der Waals surface area contributed by atoms with Crippen molar-refractivity contribution in [3.8, 4) is 0 Å². The number of carbonyl (C=O) groups is 2. The summed E-state index contributed by atoms with van der Waals surface area (Å²) in [6.07, 6.45) is 6.22. The van der Waals surface area contributed by atoms with Crippen LogP contribution < -0.4 is 0 Å². The van der Waals surface area contributed by atoms with Gasteiger partial charge in [0.1, 0.15) is 12.0 Å². The van der Waals surface area contributed by atoms with E-state index in [1.165, 1.54) is 0 Å². The first-order chi connectivity index (χ1) is 14.6. The van der Waals surface area contributed by atoms with Crippen molar-refractivity contribution in [2.75, 3.05) is 0 Å². The van der Waals surface area contributed by atoms with E-state index < -0.39 is 5.92 Å². The maximum absolute atomic E-state index is 13.4. The second kappa shape index (κ2) is 7.82. The van der Waals surface area contributed by atoms with Gasteiger partial charge in [-0.3, -0.25) is 14.6 Å². The van der Waals surface area contributed by atoms with E-state index in [0.29, 0.717) is 6.42 Å². The molecule has 2 aromatic carbocycles. The van der Waals surface area contributed by atoms with Gasteiger partial charge >= 0.3 is 5.97 Å². The first-order valence-corrected chi connectivity index (χ1v) is 11.1. The van der Waals surface area contributed by atoms with Gasteiger partial charge in [-0.2, -0.15) is 0 Å². The molecule has 30 heavy (non-hydrogen) atoms. The molecule has 1 fully saturated rings. The van der Waals surface area contributed by atoms with Crippen LogP contribution in [0.15, 0.2) is 58.7 Å². The molecule has 154 valence electrons. The number of hydrogen-bond donors (Lipinski definition) is 0. The Morgan fingerprint density at radius 1 is 1.00 bits per heavy atom. The zero-order chi connectivity index (χ0) is 20.7. The number of rotatable bonds is 3. The van der Waals surface area contributed by atoms with Crippen molar-refractivity contribution in [2.45, 2.75) is 63.9 Å². The van der Waals surface area contributed by atoms with Crippen molar-refractivity contribution in [1.29, 1.82) is 0 Å². The van der Waals surface area contributed by atoms with Gasteiger partial charge in [-0.05, 0) is 61.8 Å². The molecule has 2 aliphatic carbocycles. The Morgan fingerprint density at radius 3 is 2.60 bits per heavy atom. The van der Waals surface area contributed by atoms with Gasteiger partial charge in [0.05, 0.1) is 0 Å². The Balaban J connectivity index is 1.65. The van der Waals surface area contributed by atoms with Crippen molar-refractivity contribution in [1.82, 2.24) is 0 Å². The molecule has 2 aromatic rings. The number of aliphatic imine (C=N–C) groups is 1. The molecular formula is C26H27NO3. The molecule has 5 rings (SSSR count). The summed E-state index contributed by atoms with van der Waals surface area (Å²) in [7, 11) is 0. The largest absolute Gasteiger partial charge is 0.462 e. The second-order valence-electron chi connectivity index (χ2n) is 8.76. The van der Waals surface area contributed by atoms with E-state index in [4.69, 9.17) is 9.73 Å². The van der Waals surface area contributed by atoms with Crippen LogP contribution in [-0.4, -0.2) is 23.6 Å². The van der Waals surface area contributed by atoms with E-state index in [1.54, 1.807) is 0 Å². The average molecular weight is 402 g/mol. The lowest BCUT2D eigenvalue weighted by Gasteiger charge is -2.35. The van der Waals surface area contributed by atoms with Gasteiger partial charge < -0.3 is 4.74 Å². The van der Waals surface area contributed by atoms with Crippen LogP contribution in [0.5, 0.6) is 0 Å². The predicted molar refractivity (Wildman–Crippen MR) is 118 cm³/mol. The Morgan fingerprint density at radius 2 is 1.77 bits per heavy atom. The van der Waals surface area contributed by atoms with E-state index in [-0.39, 0.29) is 23.8 Å². The first kappa shape index (κ1) is 19.2. The van der Waals surface area contributed by atoms with Crippen LogP contribution in [0, 0.1) is 5.92 Å². The molecule has 2 atom stereocenters. The van der Waals surface area contributed by atoms with E-state index in [2.05, 4.69) is 24.3 Å². The lowest BCUT2D eigenvalue weighted by atomic mass is 9.71. The molecule has 0 amide bonds. The summed E-state index contributed by atoms with van der Waals surface area (Å²) in [5.74, 6) is -0.974. The fraction of sp³-hybridized carbons (Fsp3) is 0.423. The number of nitrogens with zero attached hydrogens (tertiary/aromatic N) is 1. The van der Waals surface area contributed by atoms with Crippen LogP contribution in [0.2, 0.25) is 0 Å². The Labute approximate surface area is 177 Å². The summed E-state index contributed by atoms with van der Waals surface area (Å²) < 4.78 is 5.95. The Bertz CT molecular complexity index is 1070. The number of esters is 1. The SMILES string of the molecule is CC1=NC2=C(C(=O)CCC2)[C@H](c2cccc3ccccc23)C1C(=O)OC1CCCC1. The van der Waals surface area contributed by atoms with Crippen LogP contribution in [0.4, 0.5) is 0 Å². The molecule has 4 heteroatoms. The third kappa shape index (κ3) is 3.28. The third-order valence-electron chi connectivity index (χ3n) is 6.83. The highest BCUT2D eigenvalue weighted by Crippen LogP contribution is 2.45. The minimum atomic E-state index is -0.544. The molecule has 1 unspecified atom stereocenters. The van der Waals surface area contributed by atoms with E-state index in [9.17, 15) is 9.59 Å². The maximum atomic E-state index is 13.4. The summed E-state index contributed by atoms with van der Waals surface area (Å²) in [6.45, 7) is 1.92. The van der Waals surface area contributed by atoms with Gasteiger partial charge in [0.25, 0.3) is 0 Å². The molecule has 1 aliphatic heterocycles. The molecular weight excluding hydrogens is 374 g/mol. The monoisotopic (exact) mass is 401 g/mol. The average Bonchev–Trinajstić information content (AvgIpc) is 3.25. The fourth-order valence-corrected chi connectivity index (χ4v) is 5.41. The number of Topliss-reactive ketones (excluding diaryl/α,β-unsaturated/α-hetero) is 1. The minimum Gasteiger partial charge on any atom is -0.462 e. The summed E-state index contributed by atoms with van der Waals surface area (Å²) in [5.41, 5.74) is 3.39. The highest BCUT2D eigenvalue weighted by Gasteiger charge is 2.44. The zero-order valence-electron chi connectivity index (χ0n) is 17.4. The van der Waals surface area contributed by atoms with Crippen LogP contribution in [0.25, 0.3) is 10.8 Å². The second-order valence-corrected chi connectivity index (χ2v) is 8.76. The summed E-state index contributed by atoms with van der Waals surface area (Å²) in [4.78, 5) is 31.3. The molecule has 0 bridgehead atoms. The molecule has 0 radical (unpaired) electrons. The van der Waals surface area contributed by atoms with Crippen LogP contribution in [0.1, 0.15) is 63.4 Å². The molecule has 4 nitrogen and oxygen atoms in total. The van der Waals surface area contributed by atoms with Crippen molar-refractivity contribution in [3.63, 3.8) is 0 Å². The third-order valence-corrected chi connectivity index (χ3v) is 6.83. The highest BCUT2D eigenvalue weighted by atomic mass is 16.5. The highest BCUT2D eigenvalue weighted by molar-refractivity contribution is 6.09. The van der Waals surface area contributed by atoms with Crippen molar-refractivity contribution in [2.24, 2.45) is 10.9 Å². The number of allylic oxidation sites excluding steroid dienone is 2. The minimum absolute atomic E-state index is 0.00379. The number of ketones is 1. The first-order valence-electron chi connectivity index (χ1n) is 11.1. The lowest BCUT2D eigenvalue weighted by molar-refractivity contribution is -0.151. The molecule has 0 saturated heterocycles. The molecule has 0 N–H and O–H groups in total. The standard InChI is InChI=1S/C26H27NO3/c1-16-23(26(29)30-18-10-3-4-11-18)24(25-21(27-16)14-7-15-22(25)28)20-13-6-9-17-8-2-5-12-19(17)20/h2,5-6,8-9,12-13,18,23-24H,3-4,7,10-11,14-15H2,1H3/t23?,24-/m1/s1.